The van der Waals surface area contributed by atoms with Gasteiger partial charge in [0.05, 0.1) is 186 Å². The van der Waals surface area contributed by atoms with Crippen LogP contribution in [0.25, 0.3) is 89.2 Å². The molecule has 35 nitrogen and oxygen atoms in total. The molecular weight excluding hydrogens is 1890 g/mol. The van der Waals surface area contributed by atoms with Crippen molar-refractivity contribution in [1.82, 2.24) is 104 Å². The van der Waals surface area contributed by atoms with Gasteiger partial charge in [0.1, 0.15) is 46.0 Å². The van der Waals surface area contributed by atoms with Crippen LogP contribution in [0.15, 0.2) is 232 Å². The van der Waals surface area contributed by atoms with Gasteiger partial charge >= 0.3 is 12.1 Å². The lowest BCUT2D eigenvalue weighted by Gasteiger charge is -2.38. The minimum Gasteiger partial charge on any atom is -0.497 e. The quantitative estimate of drug-likeness (QED) is 0.0285. The first-order valence-corrected chi connectivity index (χ1v) is 48.6. The number of anilines is 8. The zero-order valence-electron chi connectivity index (χ0n) is 85.7. The fourth-order valence-electron chi connectivity index (χ4n) is 17.8. The number of ether oxygens (including phenoxy) is 8. The van der Waals surface area contributed by atoms with Gasteiger partial charge in [-0.3, -0.25) is 43.5 Å². The van der Waals surface area contributed by atoms with Gasteiger partial charge in [0.25, 0.3) is 0 Å². The summed E-state index contributed by atoms with van der Waals surface area (Å²) in [6.45, 7) is 12.4. The molecule has 0 spiro atoms. The number of methoxy groups -OCH3 is 8. The van der Waals surface area contributed by atoms with Crippen molar-refractivity contribution < 1.29 is 61.0 Å². The highest BCUT2D eigenvalue weighted by Crippen LogP contribution is 2.42. The van der Waals surface area contributed by atoms with Gasteiger partial charge in [-0.25, -0.2) is 24.9 Å². The van der Waals surface area contributed by atoms with Crippen LogP contribution < -0.4 is 62.8 Å². The number of amides is 1. The number of piperidine rings is 2. The van der Waals surface area contributed by atoms with Crippen molar-refractivity contribution in [3.05, 3.63) is 238 Å². The lowest BCUT2D eigenvalue weighted by atomic mass is 9.83. The Morgan fingerprint density at radius 2 is 0.716 bits per heavy atom. The first-order valence-electron chi connectivity index (χ1n) is 48.6. The van der Waals surface area contributed by atoms with Crippen molar-refractivity contribution in [2.45, 2.75) is 70.6 Å². The molecule has 768 valence electrons. The lowest BCUT2D eigenvalue weighted by Crippen LogP contribution is -2.43. The number of carbonyl (C=O) groups is 1. The van der Waals surface area contributed by atoms with Crippen molar-refractivity contribution in [2.75, 3.05) is 148 Å². The molecule has 19 rings (SSSR count). The Bertz CT molecular complexity index is 7400. The summed E-state index contributed by atoms with van der Waals surface area (Å²) in [6, 6.07) is 47.0. The summed E-state index contributed by atoms with van der Waals surface area (Å²) >= 11 is 0. The highest BCUT2D eigenvalue weighted by Gasteiger charge is 2.38. The number of rotatable bonds is 33. The maximum Gasteiger partial charge on any atom is 0.471 e. The van der Waals surface area contributed by atoms with Gasteiger partial charge in [-0.15, -0.1) is 0 Å². The first-order chi connectivity index (χ1) is 71.6. The summed E-state index contributed by atoms with van der Waals surface area (Å²) in [7, 11) is 22.4. The Labute approximate surface area is 856 Å². The molecule has 2 saturated heterocycles. The van der Waals surface area contributed by atoms with E-state index in [0.29, 0.717) is 63.7 Å². The Hall–Kier alpha value is -16.5. The molecule has 8 aromatic carbocycles. The number of halogens is 3. The maximum atomic E-state index is 12.6. The van der Waals surface area contributed by atoms with Gasteiger partial charge in [0.15, 0.2) is 5.82 Å². The van der Waals surface area contributed by atoms with Crippen molar-refractivity contribution in [3.63, 3.8) is 0 Å². The van der Waals surface area contributed by atoms with E-state index in [4.69, 9.17) is 57.8 Å². The van der Waals surface area contributed by atoms with Crippen molar-refractivity contribution >= 4 is 95.5 Å². The number of imidazole rings is 1. The summed E-state index contributed by atoms with van der Waals surface area (Å²) in [4.78, 5) is 67.0. The van der Waals surface area contributed by atoms with E-state index in [2.05, 4.69) is 118 Å². The summed E-state index contributed by atoms with van der Waals surface area (Å²) in [5.74, 6) is 10.9. The van der Waals surface area contributed by atoms with E-state index >= 15 is 0 Å². The van der Waals surface area contributed by atoms with Crippen LogP contribution in [0.1, 0.15) is 64.6 Å². The molecule has 2 fully saturated rings. The van der Waals surface area contributed by atoms with E-state index in [0.717, 1.165) is 194 Å². The molecule has 17 aromatic rings. The Kier molecular flexibility index (Phi) is 33.8. The molecule has 0 aliphatic carbocycles. The lowest BCUT2D eigenvalue weighted by molar-refractivity contribution is -0.173. The van der Waals surface area contributed by atoms with Crippen molar-refractivity contribution in [3.8, 4) is 103 Å². The molecule has 1 amide bonds. The molecule has 2 aliphatic rings. The molecule has 2 N–H and O–H groups in total. The highest BCUT2D eigenvalue weighted by atomic mass is 19.4. The summed E-state index contributed by atoms with van der Waals surface area (Å²) in [6.07, 6.45) is 27.7. The second-order valence-corrected chi connectivity index (χ2v) is 36.4. The topological polar surface area (TPSA) is 335 Å². The number of carbonyl (C=O) groups excluding carboxylic acids is 1. The predicted octanol–water partition coefficient (Wildman–Crippen LogP) is 18.0. The molecule has 2 aliphatic heterocycles. The minimum absolute atomic E-state index is 0.158. The number of aliphatic hydroxyl groups is 1. The third-order valence-corrected chi connectivity index (χ3v) is 25.8. The molecule has 0 saturated carbocycles. The monoisotopic (exact) mass is 2010 g/mol. The smallest absolute Gasteiger partial charge is 0.471 e. The van der Waals surface area contributed by atoms with Gasteiger partial charge in [0, 0.05) is 246 Å². The average Bonchev–Trinajstić information content (AvgIpc) is 1.15. The van der Waals surface area contributed by atoms with E-state index < -0.39 is 17.7 Å². The molecule has 0 unspecified atom stereocenters. The molecule has 0 radical (unpaired) electrons. The predicted molar refractivity (Wildman–Crippen MR) is 567 cm³/mol. The number of benzene rings is 8. The van der Waals surface area contributed by atoms with Crippen LogP contribution in [0, 0.1) is 17.8 Å². The number of aryl methyl sites for hydroxylation is 5. The molecular formula is C110H122F3N25O10. The van der Waals surface area contributed by atoms with E-state index in [1.807, 2.05) is 198 Å². The van der Waals surface area contributed by atoms with Crippen LogP contribution in [-0.4, -0.2) is 250 Å². The number of hydrogen-bond acceptors (Lipinski definition) is 29. The maximum absolute atomic E-state index is 12.6. The highest BCUT2D eigenvalue weighted by molar-refractivity contribution is 5.88. The van der Waals surface area contributed by atoms with Crippen LogP contribution in [0.5, 0.6) is 46.0 Å². The average molecular weight is 2010 g/mol. The van der Waals surface area contributed by atoms with Gasteiger partial charge in [-0.05, 0) is 170 Å². The Balaban J connectivity index is 0.000000141. The van der Waals surface area contributed by atoms with E-state index in [-0.39, 0.29) is 19.5 Å². The van der Waals surface area contributed by atoms with Gasteiger partial charge in [-0.2, -0.15) is 33.6 Å². The third kappa shape index (κ3) is 26.6. The number of alkyl halides is 3. The number of nitrogens with one attached hydrogen (secondary N) is 1. The largest absolute Gasteiger partial charge is 0.497 e. The molecule has 38 heteroatoms. The third-order valence-electron chi connectivity index (χ3n) is 25.8. The molecule has 148 heavy (non-hydrogen) atoms. The molecule has 11 heterocycles. The number of fused-ring (bicyclic) bond motifs is 4. The Morgan fingerprint density at radius 1 is 0.392 bits per heavy atom. The molecule has 0 atom stereocenters. The summed E-state index contributed by atoms with van der Waals surface area (Å²) < 4.78 is 90.7. The van der Waals surface area contributed by atoms with Crippen LogP contribution >= 0.6 is 0 Å². The molecule has 9 aromatic heterocycles. The van der Waals surface area contributed by atoms with E-state index in [1.165, 1.54) is 46.6 Å². The Morgan fingerprint density at radius 3 is 1.03 bits per heavy atom. The first kappa shape index (κ1) is 104. The van der Waals surface area contributed by atoms with Gasteiger partial charge in [-0.1, -0.05) is 12.3 Å². The number of hydrogen-bond donors (Lipinski definition) is 2. The van der Waals surface area contributed by atoms with Gasteiger partial charge in [0.2, 0.25) is 0 Å². The fourth-order valence-corrected chi connectivity index (χ4v) is 17.8. The summed E-state index contributed by atoms with van der Waals surface area (Å²) in [5, 5.41) is 29.3. The SMILES string of the molecule is COc1cc(OC)cc(N(CC#Cc2nccn2C)c2ccc3ncc(-c4cnn(C)c4)nc3c2)c1.COc1cc(OC)cc(N(CCCN2CCCCC2)c2ccc3ncc(-c4cnn(C)c4)nc3c2)c1.COc1cc(OC)cc(N(CCCNC(=O)C(F)(F)F)c2ccc3ncc(-c4cnn(C)c4)nc3c2)c1.COc1cc(OC)cc(N(CCN2CCC(C(C)(C)O)CC2)c2ccc3ncc(-c4cnn(C)c4)nc3c2)c1. The normalized spacial score (nSPS) is 12.9. The zero-order valence-corrected chi connectivity index (χ0v) is 85.7. The van der Waals surface area contributed by atoms with Crippen molar-refractivity contribution in [2.24, 2.45) is 41.2 Å². The minimum atomic E-state index is -4.93. The van der Waals surface area contributed by atoms with Crippen LogP contribution in [0.3, 0.4) is 0 Å². The van der Waals surface area contributed by atoms with Crippen molar-refractivity contribution in [1.29, 1.82) is 0 Å². The summed E-state index contributed by atoms with van der Waals surface area (Å²) in [5.41, 5.74) is 19.5. The van der Waals surface area contributed by atoms with Crippen LogP contribution in [0.2, 0.25) is 0 Å². The van der Waals surface area contributed by atoms with Crippen LogP contribution in [-0.2, 0) is 40.0 Å². The van der Waals surface area contributed by atoms with E-state index in [1.54, 1.807) is 123 Å². The zero-order chi connectivity index (χ0) is 104. The number of nitrogens with zero attached hydrogens (tertiary/aromatic N) is 24. The molecule has 0 bridgehead atoms. The van der Waals surface area contributed by atoms with E-state index in [9.17, 15) is 23.1 Å². The van der Waals surface area contributed by atoms with Gasteiger partial charge < -0.3 is 82.3 Å². The number of aromatic nitrogens is 18. The standard InChI is InChI=1S/C30H38N6O3.C28H34N6O2.C27H25N7O2.C25H25F3N6O3/c1-30(2,37)22-8-10-35(11-9-22)12-13-36(24-14-25(38-4)17-26(15-24)39-5)23-6-7-27-28(16-23)33-29(19-31-27)21-18-32-34(3)20-21;1-32-20-21(18-30-32)28-19-29-26-9-8-22(16-27(26)31-28)34(13-7-12-33-10-5-4-6-11-33)23-14-24(35-2)17-25(15-23)36-3;1-32-11-9-28-27(32)6-5-10-34(21-12-22(35-3)15-23(13-21)36-4)20-7-8-24-25(14-20)31-26(17-29-24)19-16-30-33(2)18-19;1-33-15-16(13-31-33)23-14-30-21-6-5-17(11-22(21)32-23)34(8-4-7-29-24(35)25(26,27)28)18-9-19(36-2)12-20(10-18)37-3/h6-7,14-20,22,37H,8-13H2,1-5H3;8-9,14-20H,4-7,10-13H2,1-3H3;7-9,11-18H,10H2,1-4H3;5-6,9-15H,4,7-8H2,1-3H3,(H,29,35). The van der Waals surface area contributed by atoms with Crippen LogP contribution in [0.4, 0.5) is 58.7 Å². The second kappa shape index (κ2) is 48.0. The second-order valence-electron chi connectivity index (χ2n) is 36.4. The fraction of sp³-hybridized carbons (Fsp3) is 0.327. The number of likely N-dealkylation sites (tertiary alicyclic amines) is 2.